The summed E-state index contributed by atoms with van der Waals surface area (Å²) in [5, 5.41) is 6.71. The molecule has 1 aliphatic rings. The van der Waals surface area contributed by atoms with Crippen LogP contribution in [0, 0.1) is 0 Å². The second kappa shape index (κ2) is 7.05. The highest BCUT2D eigenvalue weighted by atomic mass is 16.5. The van der Waals surface area contributed by atoms with Gasteiger partial charge in [0.2, 0.25) is 0 Å². The van der Waals surface area contributed by atoms with Crippen molar-refractivity contribution in [2.75, 3.05) is 39.8 Å². The third-order valence-corrected chi connectivity index (χ3v) is 2.61. The molecule has 1 heterocycles. The minimum absolute atomic E-state index is 0.128. The molecule has 1 aliphatic heterocycles. The zero-order chi connectivity index (χ0) is 11.8. The third kappa shape index (κ3) is 3.69. The zero-order valence-electron chi connectivity index (χ0n) is 9.43. The molecule has 0 aliphatic carbocycles. The molecule has 16 heavy (non-hydrogen) atoms. The molecule has 0 aromatic heterocycles. The van der Waals surface area contributed by atoms with Crippen LogP contribution < -0.4 is 5.32 Å². The van der Waals surface area contributed by atoms with Crippen molar-refractivity contribution < 1.29 is 9.53 Å². The van der Waals surface area contributed by atoms with Gasteiger partial charge in [-0.25, -0.2) is 0 Å². The lowest BCUT2D eigenvalue weighted by Gasteiger charge is -2.26. The van der Waals surface area contributed by atoms with E-state index in [1.807, 2.05) is 4.90 Å². The minimum atomic E-state index is -0.458. The van der Waals surface area contributed by atoms with Gasteiger partial charge in [0.15, 0.2) is 0 Å². The van der Waals surface area contributed by atoms with Gasteiger partial charge in [-0.3, -0.25) is 9.69 Å². The summed E-state index contributed by atoms with van der Waals surface area (Å²) in [7, 11) is 1.35. The van der Waals surface area contributed by atoms with Crippen molar-refractivity contribution in [1.29, 1.82) is 0 Å². The van der Waals surface area contributed by atoms with Gasteiger partial charge in [0, 0.05) is 24.5 Å². The van der Waals surface area contributed by atoms with Gasteiger partial charge in [-0.2, -0.15) is 0 Å². The van der Waals surface area contributed by atoms with Crippen LogP contribution in [-0.2, 0) is 9.53 Å². The fraction of sp³-hybridized carbons (Fsp3) is 0.889. The normalized spacial score (nSPS) is 19.3. The molecule has 7 heteroatoms. The number of rotatable bonds is 4. The number of nitrogens with zero attached hydrogens (tertiary/aromatic N) is 4. The molecule has 1 unspecified atom stereocenters. The van der Waals surface area contributed by atoms with Gasteiger partial charge in [-0.05, 0) is 18.5 Å². The van der Waals surface area contributed by atoms with Gasteiger partial charge in [0.25, 0.3) is 0 Å². The van der Waals surface area contributed by atoms with Crippen molar-refractivity contribution >= 4 is 5.97 Å². The smallest absolute Gasteiger partial charge is 0.323 e. The molecule has 0 aromatic rings. The van der Waals surface area contributed by atoms with Gasteiger partial charge in [-0.1, -0.05) is 5.11 Å². The van der Waals surface area contributed by atoms with Crippen LogP contribution in [-0.4, -0.2) is 56.7 Å². The maximum Gasteiger partial charge on any atom is 0.323 e. The molecule has 1 saturated heterocycles. The van der Waals surface area contributed by atoms with Gasteiger partial charge < -0.3 is 10.1 Å². The van der Waals surface area contributed by atoms with Crippen LogP contribution in [0.25, 0.3) is 10.4 Å². The van der Waals surface area contributed by atoms with E-state index < -0.39 is 6.04 Å². The number of esters is 1. The Hall–Kier alpha value is -1.30. The Bertz CT molecular complexity index is 269. The first-order valence-corrected chi connectivity index (χ1v) is 5.33. The summed E-state index contributed by atoms with van der Waals surface area (Å²) in [6, 6.07) is -0.458. The van der Waals surface area contributed by atoms with Crippen LogP contribution in [0.1, 0.15) is 6.42 Å². The van der Waals surface area contributed by atoms with Crippen molar-refractivity contribution in [1.82, 2.24) is 10.2 Å². The number of hydrogen-bond donors (Lipinski definition) is 1. The summed E-state index contributed by atoms with van der Waals surface area (Å²) in [5.41, 5.74) is 8.30. The Morgan fingerprint density at radius 2 is 2.44 bits per heavy atom. The van der Waals surface area contributed by atoms with Crippen molar-refractivity contribution in [2.24, 2.45) is 5.11 Å². The van der Waals surface area contributed by atoms with E-state index in [9.17, 15) is 4.79 Å². The SMILES string of the molecule is COC(=O)C(CN=[N+]=[N-])N1CCCNCC1. The van der Waals surface area contributed by atoms with Crippen molar-refractivity contribution in [3.05, 3.63) is 10.4 Å². The van der Waals surface area contributed by atoms with Crippen LogP contribution in [0.5, 0.6) is 0 Å². The predicted octanol–water partition coefficient (Wildman–Crippen LogP) is 0.134. The van der Waals surface area contributed by atoms with Crippen molar-refractivity contribution in [3.8, 4) is 0 Å². The maximum atomic E-state index is 11.6. The average molecular weight is 227 g/mol. The van der Waals surface area contributed by atoms with Crippen LogP contribution >= 0.6 is 0 Å². The highest BCUT2D eigenvalue weighted by Gasteiger charge is 2.26. The molecule has 0 spiro atoms. The van der Waals surface area contributed by atoms with Gasteiger partial charge in [0.05, 0.1) is 13.7 Å². The first-order valence-electron chi connectivity index (χ1n) is 5.33. The Morgan fingerprint density at radius 1 is 1.62 bits per heavy atom. The molecule has 0 amide bonds. The second-order valence-electron chi connectivity index (χ2n) is 3.59. The summed E-state index contributed by atoms with van der Waals surface area (Å²) >= 11 is 0. The fourth-order valence-electron chi connectivity index (χ4n) is 1.77. The maximum absolute atomic E-state index is 11.6. The van der Waals surface area contributed by atoms with E-state index in [2.05, 4.69) is 15.3 Å². The Balaban J connectivity index is 2.64. The molecule has 0 aromatic carbocycles. The van der Waals surface area contributed by atoms with Crippen molar-refractivity contribution in [2.45, 2.75) is 12.5 Å². The Morgan fingerprint density at radius 3 is 3.12 bits per heavy atom. The van der Waals surface area contributed by atoms with Crippen molar-refractivity contribution in [3.63, 3.8) is 0 Å². The van der Waals surface area contributed by atoms with Crippen LogP contribution in [0.3, 0.4) is 0 Å². The first kappa shape index (κ1) is 12.8. The zero-order valence-corrected chi connectivity index (χ0v) is 9.43. The summed E-state index contributed by atoms with van der Waals surface area (Å²) in [6.07, 6.45) is 0.976. The van der Waals surface area contributed by atoms with E-state index in [0.29, 0.717) is 0 Å². The molecule has 7 nitrogen and oxygen atoms in total. The summed E-state index contributed by atoms with van der Waals surface area (Å²) in [4.78, 5) is 16.2. The number of nitrogens with one attached hydrogen (secondary N) is 1. The number of hydrogen-bond acceptors (Lipinski definition) is 5. The number of carbonyl (C=O) groups excluding carboxylic acids is 1. The number of azide groups is 1. The summed E-state index contributed by atoms with van der Waals surface area (Å²) in [6.45, 7) is 3.49. The molecule has 0 bridgehead atoms. The van der Waals surface area contributed by atoms with Crippen LogP contribution in [0.15, 0.2) is 5.11 Å². The molecular weight excluding hydrogens is 210 g/mol. The van der Waals surface area contributed by atoms with E-state index in [-0.39, 0.29) is 12.5 Å². The Labute approximate surface area is 94.4 Å². The van der Waals surface area contributed by atoms with E-state index in [4.69, 9.17) is 10.3 Å². The van der Waals surface area contributed by atoms with Gasteiger partial charge >= 0.3 is 5.97 Å². The monoisotopic (exact) mass is 227 g/mol. The van der Waals surface area contributed by atoms with Crippen LogP contribution in [0.2, 0.25) is 0 Å². The van der Waals surface area contributed by atoms with Gasteiger partial charge in [0.1, 0.15) is 6.04 Å². The second-order valence-corrected chi connectivity index (χ2v) is 3.59. The quantitative estimate of drug-likeness (QED) is 0.320. The highest BCUT2D eigenvalue weighted by molar-refractivity contribution is 5.76. The van der Waals surface area contributed by atoms with E-state index in [0.717, 1.165) is 32.6 Å². The summed E-state index contributed by atoms with van der Waals surface area (Å²) in [5.74, 6) is -0.339. The Kier molecular flexibility index (Phi) is 5.63. The van der Waals surface area contributed by atoms with E-state index in [1.54, 1.807) is 0 Å². The molecule has 1 N–H and O–H groups in total. The molecule has 1 fully saturated rings. The standard InChI is InChI=1S/C9H17N5O2/c1-16-9(15)8(7-12-13-10)14-5-2-3-11-4-6-14/h8,11H,2-7H2,1H3. The lowest BCUT2D eigenvalue weighted by Crippen LogP contribution is -2.45. The van der Waals surface area contributed by atoms with E-state index in [1.165, 1.54) is 7.11 Å². The molecule has 0 radical (unpaired) electrons. The van der Waals surface area contributed by atoms with E-state index >= 15 is 0 Å². The van der Waals surface area contributed by atoms with Crippen LogP contribution in [0.4, 0.5) is 0 Å². The molecule has 1 atom stereocenters. The first-order chi connectivity index (χ1) is 7.79. The molecule has 90 valence electrons. The van der Waals surface area contributed by atoms with Gasteiger partial charge in [-0.15, -0.1) is 0 Å². The fourth-order valence-corrected chi connectivity index (χ4v) is 1.77. The largest absolute Gasteiger partial charge is 0.468 e. The lowest BCUT2D eigenvalue weighted by atomic mass is 10.2. The molecule has 0 saturated carbocycles. The molecule has 1 rings (SSSR count). The third-order valence-electron chi connectivity index (χ3n) is 2.61. The minimum Gasteiger partial charge on any atom is -0.468 e. The number of ether oxygens (including phenoxy) is 1. The predicted molar refractivity (Wildman–Crippen MR) is 58.9 cm³/mol. The molecular formula is C9H17N5O2. The average Bonchev–Trinajstić information content (AvgIpc) is 2.58. The number of carbonyl (C=O) groups is 1. The lowest BCUT2D eigenvalue weighted by molar-refractivity contribution is -0.146. The number of methoxy groups -OCH3 is 1. The summed E-state index contributed by atoms with van der Waals surface area (Å²) < 4.78 is 4.72. The topological polar surface area (TPSA) is 90.3 Å². The highest BCUT2D eigenvalue weighted by Crippen LogP contribution is 2.06.